The van der Waals surface area contributed by atoms with Crippen molar-refractivity contribution in [3.63, 3.8) is 0 Å². The highest BCUT2D eigenvalue weighted by molar-refractivity contribution is 7.89. The Bertz CT molecular complexity index is 276. The Morgan fingerprint density at radius 1 is 1.19 bits per heavy atom. The second-order valence-electron chi connectivity index (χ2n) is 4.63. The van der Waals surface area contributed by atoms with Gasteiger partial charge in [-0.1, -0.05) is 13.8 Å². The third-order valence-electron chi connectivity index (χ3n) is 3.06. The highest BCUT2D eigenvalue weighted by Gasteiger charge is 2.24. The van der Waals surface area contributed by atoms with Gasteiger partial charge in [-0.2, -0.15) is 0 Å². The summed E-state index contributed by atoms with van der Waals surface area (Å²) in [5, 5.41) is 3.02. The molecule has 0 aromatic carbocycles. The average Bonchev–Trinajstić information content (AvgIpc) is 2.22. The molecule has 1 unspecified atom stereocenters. The van der Waals surface area contributed by atoms with E-state index in [-0.39, 0.29) is 11.8 Å². The summed E-state index contributed by atoms with van der Waals surface area (Å²) in [5.74, 6) is 0.597. The normalized spacial score (nSPS) is 14.7. The van der Waals surface area contributed by atoms with Crippen LogP contribution in [0.3, 0.4) is 0 Å². The molecule has 4 nitrogen and oxygen atoms in total. The van der Waals surface area contributed by atoms with E-state index in [1.807, 2.05) is 27.8 Å². The fourth-order valence-electron chi connectivity index (χ4n) is 1.40. The van der Waals surface area contributed by atoms with Crippen LogP contribution in [0.15, 0.2) is 0 Å². The van der Waals surface area contributed by atoms with Crippen LogP contribution in [0, 0.1) is 5.92 Å². The van der Waals surface area contributed by atoms with Crippen molar-refractivity contribution in [2.45, 2.75) is 39.7 Å². The molecule has 0 rings (SSSR count). The molecule has 0 amide bonds. The predicted molar refractivity (Wildman–Crippen MR) is 69.0 cm³/mol. The summed E-state index contributed by atoms with van der Waals surface area (Å²) in [5.41, 5.74) is 0. The summed E-state index contributed by atoms with van der Waals surface area (Å²) in [7, 11) is 0.476. The largest absolute Gasteiger partial charge is 0.320 e. The van der Waals surface area contributed by atoms with E-state index in [4.69, 9.17) is 0 Å². The van der Waals surface area contributed by atoms with Gasteiger partial charge in [0.2, 0.25) is 10.0 Å². The Kier molecular flexibility index (Phi) is 7.19. The molecule has 98 valence electrons. The summed E-state index contributed by atoms with van der Waals surface area (Å²) in [6, 6.07) is 0.0642. The SMILES string of the molecule is CNCCCCS(=O)(=O)N(C)C(C)C(C)C. The van der Waals surface area contributed by atoms with Crippen molar-refractivity contribution >= 4 is 10.0 Å². The number of hydrogen-bond acceptors (Lipinski definition) is 3. The third-order valence-corrected chi connectivity index (χ3v) is 5.07. The molecule has 0 spiro atoms. The lowest BCUT2D eigenvalue weighted by Gasteiger charge is -2.27. The molecule has 5 heteroatoms. The zero-order chi connectivity index (χ0) is 12.8. The third kappa shape index (κ3) is 5.27. The Hall–Kier alpha value is -0.130. The summed E-state index contributed by atoms with van der Waals surface area (Å²) >= 11 is 0. The molecule has 0 saturated heterocycles. The van der Waals surface area contributed by atoms with Gasteiger partial charge in [0, 0.05) is 13.1 Å². The molecule has 0 saturated carbocycles. The van der Waals surface area contributed by atoms with E-state index in [0.717, 1.165) is 19.4 Å². The van der Waals surface area contributed by atoms with E-state index in [9.17, 15) is 8.42 Å². The maximum atomic E-state index is 11.9. The number of nitrogens with one attached hydrogen (secondary N) is 1. The second-order valence-corrected chi connectivity index (χ2v) is 6.78. The smallest absolute Gasteiger partial charge is 0.214 e. The topological polar surface area (TPSA) is 49.4 Å². The maximum absolute atomic E-state index is 11.9. The molecule has 0 heterocycles. The lowest BCUT2D eigenvalue weighted by atomic mass is 10.1. The fraction of sp³-hybridized carbons (Fsp3) is 1.00. The van der Waals surface area contributed by atoms with E-state index in [2.05, 4.69) is 5.32 Å². The van der Waals surface area contributed by atoms with Crippen molar-refractivity contribution in [3.05, 3.63) is 0 Å². The van der Waals surface area contributed by atoms with Gasteiger partial charge < -0.3 is 5.32 Å². The van der Waals surface area contributed by atoms with Gasteiger partial charge in [-0.25, -0.2) is 12.7 Å². The molecule has 0 aliphatic rings. The van der Waals surface area contributed by atoms with Crippen molar-refractivity contribution < 1.29 is 8.42 Å². The van der Waals surface area contributed by atoms with Gasteiger partial charge in [0.05, 0.1) is 5.75 Å². The summed E-state index contributed by atoms with van der Waals surface area (Å²) in [6.07, 6.45) is 1.62. The lowest BCUT2D eigenvalue weighted by Crippen LogP contribution is -2.39. The minimum atomic E-state index is -3.08. The van der Waals surface area contributed by atoms with E-state index in [1.165, 1.54) is 4.31 Å². The summed E-state index contributed by atoms with van der Waals surface area (Å²) < 4.78 is 25.4. The highest BCUT2D eigenvalue weighted by atomic mass is 32.2. The molecule has 0 aromatic heterocycles. The van der Waals surface area contributed by atoms with Crippen LogP contribution >= 0.6 is 0 Å². The monoisotopic (exact) mass is 250 g/mol. The molecule has 1 atom stereocenters. The minimum Gasteiger partial charge on any atom is -0.320 e. The van der Waals surface area contributed by atoms with Gasteiger partial charge in [0.1, 0.15) is 0 Å². The molecule has 0 bridgehead atoms. The van der Waals surface area contributed by atoms with E-state index in [0.29, 0.717) is 5.92 Å². The van der Waals surface area contributed by atoms with Crippen LogP contribution in [0.2, 0.25) is 0 Å². The van der Waals surface area contributed by atoms with Gasteiger partial charge in [-0.3, -0.25) is 0 Å². The zero-order valence-corrected chi connectivity index (χ0v) is 12.0. The standard InChI is InChI=1S/C11H26N2O2S/c1-10(2)11(3)13(5)16(14,15)9-7-6-8-12-4/h10-12H,6-9H2,1-5H3. The van der Waals surface area contributed by atoms with Crippen LogP contribution in [0.25, 0.3) is 0 Å². The first kappa shape index (κ1) is 15.9. The van der Waals surface area contributed by atoms with Gasteiger partial charge in [-0.05, 0) is 39.3 Å². The Morgan fingerprint density at radius 3 is 2.19 bits per heavy atom. The number of sulfonamides is 1. The first-order valence-corrected chi connectivity index (χ1v) is 7.54. The second kappa shape index (κ2) is 7.25. The summed E-state index contributed by atoms with van der Waals surface area (Å²) in [6.45, 7) is 6.91. The molecular weight excluding hydrogens is 224 g/mol. The van der Waals surface area contributed by atoms with Crippen LogP contribution in [-0.4, -0.2) is 45.2 Å². The van der Waals surface area contributed by atoms with E-state index in [1.54, 1.807) is 7.05 Å². The Morgan fingerprint density at radius 2 is 1.75 bits per heavy atom. The molecule has 0 aliphatic carbocycles. The van der Waals surface area contributed by atoms with Crippen LogP contribution in [0.1, 0.15) is 33.6 Å². The van der Waals surface area contributed by atoms with Crippen molar-refractivity contribution in [1.82, 2.24) is 9.62 Å². The minimum absolute atomic E-state index is 0.0642. The van der Waals surface area contributed by atoms with E-state index >= 15 is 0 Å². The van der Waals surface area contributed by atoms with E-state index < -0.39 is 10.0 Å². The first-order valence-electron chi connectivity index (χ1n) is 5.93. The Balaban J connectivity index is 4.21. The van der Waals surface area contributed by atoms with Gasteiger partial charge in [0.25, 0.3) is 0 Å². The van der Waals surface area contributed by atoms with Crippen molar-refractivity contribution in [2.24, 2.45) is 5.92 Å². The fourth-order valence-corrected chi connectivity index (χ4v) is 3.01. The molecule has 0 fully saturated rings. The maximum Gasteiger partial charge on any atom is 0.214 e. The van der Waals surface area contributed by atoms with Gasteiger partial charge in [0.15, 0.2) is 0 Å². The highest BCUT2D eigenvalue weighted by Crippen LogP contribution is 2.13. The molecule has 1 N–H and O–H groups in total. The molecular formula is C11H26N2O2S. The molecule has 0 aromatic rings. The zero-order valence-electron chi connectivity index (χ0n) is 11.2. The van der Waals surface area contributed by atoms with Crippen molar-refractivity contribution in [1.29, 1.82) is 0 Å². The predicted octanol–water partition coefficient (Wildman–Crippen LogP) is 1.29. The number of unbranched alkanes of at least 4 members (excludes halogenated alkanes) is 1. The van der Waals surface area contributed by atoms with Crippen LogP contribution in [-0.2, 0) is 10.0 Å². The molecule has 16 heavy (non-hydrogen) atoms. The van der Waals surface area contributed by atoms with Crippen molar-refractivity contribution in [2.75, 3.05) is 26.4 Å². The molecule has 0 aliphatic heterocycles. The van der Waals surface area contributed by atoms with Crippen LogP contribution in [0.4, 0.5) is 0 Å². The molecule has 0 radical (unpaired) electrons. The Labute approximate surface area is 100 Å². The van der Waals surface area contributed by atoms with Gasteiger partial charge >= 0.3 is 0 Å². The quantitative estimate of drug-likeness (QED) is 0.661. The average molecular weight is 250 g/mol. The van der Waals surface area contributed by atoms with Gasteiger partial charge in [-0.15, -0.1) is 0 Å². The van der Waals surface area contributed by atoms with Crippen LogP contribution in [0.5, 0.6) is 0 Å². The summed E-state index contributed by atoms with van der Waals surface area (Å²) in [4.78, 5) is 0. The number of nitrogens with zero attached hydrogens (tertiary/aromatic N) is 1. The van der Waals surface area contributed by atoms with Crippen LogP contribution < -0.4 is 5.32 Å². The van der Waals surface area contributed by atoms with Crippen molar-refractivity contribution in [3.8, 4) is 0 Å². The first-order chi connectivity index (χ1) is 7.33. The lowest BCUT2D eigenvalue weighted by molar-refractivity contribution is 0.315. The number of rotatable bonds is 8. The number of hydrogen-bond donors (Lipinski definition) is 1.